The van der Waals surface area contributed by atoms with Crippen LogP contribution in [-0.4, -0.2) is 50.9 Å². The zero-order valence-electron chi connectivity index (χ0n) is 23.8. The number of aryl methyl sites for hydroxylation is 1. The van der Waals surface area contributed by atoms with Gasteiger partial charge in [0.1, 0.15) is 18.3 Å². The van der Waals surface area contributed by atoms with E-state index in [4.69, 9.17) is 4.74 Å². The SMILES string of the molecule is CC[C@H](C)NC(=O)[C@H](CC)N(Cc1ccccc1)C(=O)CN(c1ccc(OC)cc1)S(=O)(=O)c1ccc(C)cc1. The fraction of sp³-hybridized carbons (Fsp3) is 0.355. The van der Waals surface area contributed by atoms with Crippen LogP contribution in [-0.2, 0) is 26.2 Å². The highest BCUT2D eigenvalue weighted by Crippen LogP contribution is 2.27. The summed E-state index contributed by atoms with van der Waals surface area (Å²) in [6.45, 7) is 7.28. The van der Waals surface area contributed by atoms with Gasteiger partial charge in [0.15, 0.2) is 0 Å². The first-order valence-electron chi connectivity index (χ1n) is 13.5. The first-order valence-corrected chi connectivity index (χ1v) is 14.9. The van der Waals surface area contributed by atoms with Gasteiger partial charge in [-0.05, 0) is 68.7 Å². The molecule has 0 saturated heterocycles. The average molecular weight is 566 g/mol. The van der Waals surface area contributed by atoms with Crippen molar-refractivity contribution in [3.05, 3.63) is 90.0 Å². The number of rotatable bonds is 13. The van der Waals surface area contributed by atoms with E-state index in [1.807, 2.05) is 58.0 Å². The quantitative estimate of drug-likeness (QED) is 0.317. The standard InChI is InChI=1S/C31H39N3O5S/c1-6-24(4)32-31(36)29(7-2)33(21-25-11-9-8-10-12-25)30(35)22-34(26-15-17-27(39-5)18-16-26)40(37,38)28-19-13-23(3)14-20-28/h8-20,24,29H,6-7,21-22H2,1-5H3,(H,32,36)/t24-,29-/m0/s1. The number of ether oxygens (including phenoxy) is 1. The number of methoxy groups -OCH3 is 1. The van der Waals surface area contributed by atoms with Gasteiger partial charge in [-0.2, -0.15) is 0 Å². The zero-order chi connectivity index (χ0) is 29.3. The molecule has 1 N–H and O–H groups in total. The summed E-state index contributed by atoms with van der Waals surface area (Å²) in [5.74, 6) is -0.193. The van der Waals surface area contributed by atoms with Gasteiger partial charge in [-0.15, -0.1) is 0 Å². The van der Waals surface area contributed by atoms with Gasteiger partial charge in [0.2, 0.25) is 11.8 Å². The van der Waals surface area contributed by atoms with E-state index in [-0.39, 0.29) is 23.4 Å². The molecule has 0 spiro atoms. The molecule has 0 unspecified atom stereocenters. The van der Waals surface area contributed by atoms with Crippen molar-refractivity contribution in [1.82, 2.24) is 10.2 Å². The minimum Gasteiger partial charge on any atom is -0.497 e. The molecule has 0 bridgehead atoms. The number of benzene rings is 3. The third kappa shape index (κ3) is 7.63. The van der Waals surface area contributed by atoms with Crippen LogP contribution >= 0.6 is 0 Å². The van der Waals surface area contributed by atoms with Crippen molar-refractivity contribution in [2.24, 2.45) is 0 Å². The summed E-state index contributed by atoms with van der Waals surface area (Å²) in [6, 6.07) is 21.5. The topological polar surface area (TPSA) is 96.0 Å². The molecule has 0 radical (unpaired) electrons. The van der Waals surface area contributed by atoms with E-state index in [2.05, 4.69) is 5.32 Å². The molecule has 0 aliphatic heterocycles. The predicted molar refractivity (Wildman–Crippen MR) is 158 cm³/mol. The average Bonchev–Trinajstić information content (AvgIpc) is 2.96. The van der Waals surface area contributed by atoms with Gasteiger partial charge in [-0.25, -0.2) is 8.42 Å². The largest absolute Gasteiger partial charge is 0.497 e. The van der Waals surface area contributed by atoms with Gasteiger partial charge in [0, 0.05) is 12.6 Å². The Balaban J connectivity index is 2.04. The van der Waals surface area contributed by atoms with Crippen molar-refractivity contribution in [3.63, 3.8) is 0 Å². The second-order valence-corrected chi connectivity index (χ2v) is 11.6. The highest BCUT2D eigenvalue weighted by molar-refractivity contribution is 7.92. The Hall–Kier alpha value is -3.85. The number of hydrogen-bond donors (Lipinski definition) is 1. The number of hydrogen-bond acceptors (Lipinski definition) is 5. The summed E-state index contributed by atoms with van der Waals surface area (Å²) >= 11 is 0. The summed E-state index contributed by atoms with van der Waals surface area (Å²) in [5.41, 5.74) is 2.06. The number of carbonyl (C=O) groups is 2. The van der Waals surface area contributed by atoms with E-state index in [0.717, 1.165) is 21.9 Å². The molecule has 0 saturated carbocycles. The highest BCUT2D eigenvalue weighted by atomic mass is 32.2. The minimum absolute atomic E-state index is 0.0621. The van der Waals surface area contributed by atoms with Crippen LogP contribution in [0.1, 0.15) is 44.7 Å². The maximum absolute atomic E-state index is 14.1. The third-order valence-corrected chi connectivity index (χ3v) is 8.62. The highest BCUT2D eigenvalue weighted by Gasteiger charge is 2.34. The molecule has 8 nitrogen and oxygen atoms in total. The number of sulfonamides is 1. The monoisotopic (exact) mass is 565 g/mol. The molecule has 214 valence electrons. The lowest BCUT2D eigenvalue weighted by atomic mass is 10.1. The molecule has 40 heavy (non-hydrogen) atoms. The lowest BCUT2D eigenvalue weighted by molar-refractivity contribution is -0.140. The van der Waals surface area contributed by atoms with Gasteiger partial charge in [0.05, 0.1) is 17.7 Å². The van der Waals surface area contributed by atoms with Crippen molar-refractivity contribution in [2.45, 2.75) is 64.1 Å². The van der Waals surface area contributed by atoms with Crippen LogP contribution in [0, 0.1) is 6.92 Å². The Kier molecular flexibility index (Phi) is 10.7. The molecule has 3 rings (SSSR count). The molecule has 3 aromatic carbocycles. The second kappa shape index (κ2) is 14.0. The van der Waals surface area contributed by atoms with E-state index in [9.17, 15) is 18.0 Å². The van der Waals surface area contributed by atoms with Crippen molar-refractivity contribution >= 4 is 27.5 Å². The summed E-state index contributed by atoms with van der Waals surface area (Å²) in [7, 11) is -2.60. The minimum atomic E-state index is -4.12. The van der Waals surface area contributed by atoms with Crippen LogP contribution in [0.25, 0.3) is 0 Å². The molecule has 3 aromatic rings. The first kappa shape index (κ1) is 30.7. The summed E-state index contributed by atoms with van der Waals surface area (Å²) in [6.07, 6.45) is 1.11. The van der Waals surface area contributed by atoms with Crippen LogP contribution in [0.2, 0.25) is 0 Å². The fourth-order valence-corrected chi connectivity index (χ4v) is 5.67. The molecule has 0 heterocycles. The van der Waals surface area contributed by atoms with Gasteiger partial charge >= 0.3 is 0 Å². The van der Waals surface area contributed by atoms with Crippen molar-refractivity contribution < 1.29 is 22.7 Å². The maximum Gasteiger partial charge on any atom is 0.264 e. The molecule has 0 aliphatic carbocycles. The Bertz CT molecular complexity index is 1360. The van der Waals surface area contributed by atoms with E-state index in [0.29, 0.717) is 17.9 Å². The lowest BCUT2D eigenvalue weighted by Crippen LogP contribution is -2.53. The molecule has 0 aromatic heterocycles. The molecule has 0 aliphatic rings. The van der Waals surface area contributed by atoms with Crippen LogP contribution in [0.3, 0.4) is 0 Å². The number of nitrogens with zero attached hydrogens (tertiary/aromatic N) is 2. The Labute approximate surface area is 238 Å². The van der Waals surface area contributed by atoms with E-state index in [1.165, 1.54) is 24.1 Å². The molecular weight excluding hydrogens is 526 g/mol. The van der Waals surface area contributed by atoms with Crippen molar-refractivity contribution in [1.29, 1.82) is 0 Å². The smallest absolute Gasteiger partial charge is 0.264 e. The fourth-order valence-electron chi connectivity index (χ4n) is 4.26. The van der Waals surface area contributed by atoms with Gasteiger partial charge < -0.3 is 15.0 Å². The normalized spacial score (nSPS) is 12.7. The van der Waals surface area contributed by atoms with Crippen LogP contribution in [0.5, 0.6) is 5.75 Å². The van der Waals surface area contributed by atoms with Crippen LogP contribution < -0.4 is 14.4 Å². The predicted octanol–water partition coefficient (Wildman–Crippen LogP) is 4.92. The van der Waals surface area contributed by atoms with Crippen LogP contribution in [0.4, 0.5) is 5.69 Å². The molecule has 9 heteroatoms. The van der Waals surface area contributed by atoms with Gasteiger partial charge in [0.25, 0.3) is 10.0 Å². The summed E-state index contributed by atoms with van der Waals surface area (Å²) in [4.78, 5) is 28.9. The summed E-state index contributed by atoms with van der Waals surface area (Å²) in [5, 5.41) is 2.98. The van der Waals surface area contributed by atoms with Crippen molar-refractivity contribution in [3.8, 4) is 5.75 Å². The molecule has 2 atom stereocenters. The first-order chi connectivity index (χ1) is 19.1. The maximum atomic E-state index is 14.1. The van der Waals surface area contributed by atoms with Gasteiger partial charge in [-0.1, -0.05) is 61.9 Å². The van der Waals surface area contributed by atoms with E-state index < -0.39 is 28.5 Å². The number of anilines is 1. The number of amides is 2. The third-order valence-electron chi connectivity index (χ3n) is 6.83. The summed E-state index contributed by atoms with van der Waals surface area (Å²) < 4.78 is 34.2. The number of carbonyl (C=O) groups excluding carboxylic acids is 2. The zero-order valence-corrected chi connectivity index (χ0v) is 24.6. The molecule has 2 amide bonds. The molecule has 0 fully saturated rings. The van der Waals surface area contributed by atoms with Gasteiger partial charge in [-0.3, -0.25) is 13.9 Å². The Morgan fingerprint density at radius 1 is 0.900 bits per heavy atom. The van der Waals surface area contributed by atoms with E-state index >= 15 is 0 Å². The number of nitrogens with one attached hydrogen (secondary N) is 1. The van der Waals surface area contributed by atoms with Crippen LogP contribution in [0.15, 0.2) is 83.8 Å². The van der Waals surface area contributed by atoms with E-state index in [1.54, 1.807) is 36.4 Å². The van der Waals surface area contributed by atoms with Crippen molar-refractivity contribution in [2.75, 3.05) is 18.0 Å². The second-order valence-electron chi connectivity index (χ2n) is 9.77. The lowest BCUT2D eigenvalue weighted by Gasteiger charge is -2.33. The Morgan fingerprint density at radius 3 is 2.08 bits per heavy atom. The Morgan fingerprint density at radius 2 is 1.52 bits per heavy atom. The molecular formula is C31H39N3O5S.